The molecule has 142 valence electrons. The summed E-state index contributed by atoms with van der Waals surface area (Å²) in [5.41, 5.74) is 10.2. The number of carbonyl (C=O) groups excluding carboxylic acids is 4. The zero-order chi connectivity index (χ0) is 19.6. The largest absolute Gasteiger partial charge is 0.480 e. The summed E-state index contributed by atoms with van der Waals surface area (Å²) >= 11 is 0. The van der Waals surface area contributed by atoms with Gasteiger partial charge < -0.3 is 32.5 Å². The molecule has 8 N–H and O–H groups in total. The highest BCUT2D eigenvalue weighted by atomic mass is 16.4. The molecule has 4 amide bonds. The predicted molar refractivity (Wildman–Crippen MR) is 86.8 cm³/mol. The molecule has 0 aliphatic heterocycles. The van der Waals surface area contributed by atoms with E-state index in [2.05, 4.69) is 16.0 Å². The molecule has 0 aliphatic rings. The molecule has 0 spiro atoms. The van der Waals surface area contributed by atoms with E-state index in [0.29, 0.717) is 0 Å². The van der Waals surface area contributed by atoms with Crippen molar-refractivity contribution in [2.75, 3.05) is 13.1 Å². The van der Waals surface area contributed by atoms with Crippen LogP contribution in [-0.2, 0) is 24.0 Å². The van der Waals surface area contributed by atoms with Crippen molar-refractivity contribution >= 4 is 29.6 Å². The van der Waals surface area contributed by atoms with Gasteiger partial charge in [0.25, 0.3) is 0 Å². The van der Waals surface area contributed by atoms with Gasteiger partial charge in [-0.2, -0.15) is 0 Å². The van der Waals surface area contributed by atoms with Gasteiger partial charge in [0.2, 0.25) is 23.6 Å². The van der Waals surface area contributed by atoms with Gasteiger partial charge in [0, 0.05) is 6.42 Å². The Morgan fingerprint density at radius 2 is 1.64 bits per heavy atom. The molecule has 2 atom stereocenters. The number of nitrogens with one attached hydrogen (secondary N) is 3. The smallest absolute Gasteiger partial charge is 0.322 e. The molecule has 0 heterocycles. The van der Waals surface area contributed by atoms with Crippen LogP contribution in [0.4, 0.5) is 0 Å². The van der Waals surface area contributed by atoms with Crippen LogP contribution in [0.3, 0.4) is 0 Å². The fraction of sp³-hybridized carbons (Fsp3) is 0.643. The lowest BCUT2D eigenvalue weighted by Gasteiger charge is -2.24. The van der Waals surface area contributed by atoms with Crippen LogP contribution in [-0.4, -0.2) is 59.9 Å². The number of nitrogens with two attached hydrogens (primary N) is 2. The quantitative estimate of drug-likeness (QED) is 0.227. The van der Waals surface area contributed by atoms with Crippen LogP contribution in [0.5, 0.6) is 0 Å². The molecule has 25 heavy (non-hydrogen) atoms. The topological polar surface area (TPSA) is 194 Å². The Morgan fingerprint density at radius 1 is 1.04 bits per heavy atom. The maximum Gasteiger partial charge on any atom is 0.322 e. The molecule has 0 aliphatic carbocycles. The van der Waals surface area contributed by atoms with Gasteiger partial charge in [-0.15, -0.1) is 0 Å². The van der Waals surface area contributed by atoms with Crippen molar-refractivity contribution in [1.82, 2.24) is 16.0 Å². The fourth-order valence-electron chi connectivity index (χ4n) is 1.87. The highest BCUT2D eigenvalue weighted by molar-refractivity contribution is 5.93. The molecule has 0 saturated carbocycles. The summed E-state index contributed by atoms with van der Waals surface area (Å²) < 4.78 is 0. The Bertz CT molecular complexity index is 522. The molecular formula is C14H25N5O6. The van der Waals surface area contributed by atoms with Gasteiger partial charge in [-0.05, 0) is 12.3 Å². The number of aliphatic carboxylic acids is 1. The minimum Gasteiger partial charge on any atom is -0.480 e. The van der Waals surface area contributed by atoms with Crippen molar-refractivity contribution in [3.05, 3.63) is 0 Å². The number of rotatable bonds is 11. The zero-order valence-corrected chi connectivity index (χ0v) is 14.2. The lowest BCUT2D eigenvalue weighted by molar-refractivity contribution is -0.138. The van der Waals surface area contributed by atoms with E-state index in [9.17, 15) is 24.0 Å². The third-order valence-electron chi connectivity index (χ3n) is 3.18. The molecule has 2 unspecified atom stereocenters. The molecule has 0 radical (unpaired) electrons. The molecule has 0 aromatic heterocycles. The van der Waals surface area contributed by atoms with Crippen molar-refractivity contribution in [1.29, 1.82) is 0 Å². The first-order valence-corrected chi connectivity index (χ1v) is 7.66. The van der Waals surface area contributed by atoms with E-state index in [-0.39, 0.29) is 25.3 Å². The third-order valence-corrected chi connectivity index (χ3v) is 3.18. The van der Waals surface area contributed by atoms with Crippen molar-refractivity contribution in [2.45, 2.75) is 38.8 Å². The number of carboxylic acid groups (broad SMARTS) is 1. The van der Waals surface area contributed by atoms with Gasteiger partial charge in [0.05, 0.1) is 6.54 Å². The van der Waals surface area contributed by atoms with Crippen molar-refractivity contribution in [2.24, 2.45) is 17.4 Å². The van der Waals surface area contributed by atoms with Gasteiger partial charge in [0.15, 0.2) is 0 Å². The fourth-order valence-corrected chi connectivity index (χ4v) is 1.87. The summed E-state index contributed by atoms with van der Waals surface area (Å²) in [5, 5.41) is 15.5. The number of hydrogen-bond acceptors (Lipinski definition) is 6. The summed E-state index contributed by atoms with van der Waals surface area (Å²) in [6.45, 7) is 2.42. The third kappa shape index (κ3) is 9.25. The van der Waals surface area contributed by atoms with Crippen LogP contribution < -0.4 is 27.4 Å². The Balaban J connectivity index is 5.06. The second-order valence-electron chi connectivity index (χ2n) is 5.67. The molecule has 11 heteroatoms. The van der Waals surface area contributed by atoms with Crippen LogP contribution in [0.25, 0.3) is 0 Å². The molecule has 0 saturated heterocycles. The summed E-state index contributed by atoms with van der Waals surface area (Å²) in [5.74, 6) is -4.21. The van der Waals surface area contributed by atoms with Gasteiger partial charge in [-0.25, -0.2) is 0 Å². The van der Waals surface area contributed by atoms with Crippen LogP contribution in [0, 0.1) is 5.92 Å². The Hall–Kier alpha value is -2.69. The first-order valence-electron chi connectivity index (χ1n) is 7.66. The molecular weight excluding hydrogens is 334 g/mol. The molecule has 0 aromatic carbocycles. The van der Waals surface area contributed by atoms with Crippen LogP contribution >= 0.6 is 0 Å². The zero-order valence-electron chi connectivity index (χ0n) is 14.2. The van der Waals surface area contributed by atoms with Crippen LogP contribution in [0.1, 0.15) is 26.7 Å². The maximum atomic E-state index is 12.4. The van der Waals surface area contributed by atoms with E-state index >= 15 is 0 Å². The average molecular weight is 359 g/mol. The van der Waals surface area contributed by atoms with E-state index in [0.717, 1.165) is 0 Å². The molecule has 0 rings (SSSR count). The average Bonchev–Trinajstić information content (AvgIpc) is 2.52. The second-order valence-corrected chi connectivity index (χ2v) is 5.67. The van der Waals surface area contributed by atoms with Crippen LogP contribution in [0.2, 0.25) is 0 Å². The monoisotopic (exact) mass is 359 g/mol. The van der Waals surface area contributed by atoms with Crippen molar-refractivity contribution in [3.63, 3.8) is 0 Å². The van der Waals surface area contributed by atoms with Gasteiger partial charge in [-0.3, -0.25) is 24.0 Å². The summed E-state index contributed by atoms with van der Waals surface area (Å²) in [6.07, 6.45) is -0.297. The van der Waals surface area contributed by atoms with Gasteiger partial charge in [0.1, 0.15) is 18.6 Å². The number of carboxylic acids is 1. The molecule has 0 aromatic rings. The minimum absolute atomic E-state index is 0.109. The standard InChI is InChI=1S/C14H25N5O6/c1-7(2)12(19-10(21)5-15)14(25)18-8(3-4-9(16)20)13(24)17-6-11(22)23/h7-8,12H,3-6,15H2,1-2H3,(H2,16,20)(H,17,24)(H,18,25)(H,19,21)(H,22,23). The summed E-state index contributed by atoms with van der Waals surface area (Å²) in [7, 11) is 0. The van der Waals surface area contributed by atoms with E-state index < -0.39 is 48.2 Å². The molecule has 0 fully saturated rings. The molecule has 0 bridgehead atoms. The number of primary amides is 1. The Kier molecular flexibility index (Phi) is 9.79. The number of carbonyl (C=O) groups is 5. The first-order chi connectivity index (χ1) is 11.6. The number of amides is 4. The number of hydrogen-bond donors (Lipinski definition) is 6. The maximum absolute atomic E-state index is 12.4. The minimum atomic E-state index is -1.26. The van der Waals surface area contributed by atoms with Gasteiger partial charge >= 0.3 is 5.97 Å². The van der Waals surface area contributed by atoms with Crippen LogP contribution in [0.15, 0.2) is 0 Å². The lowest BCUT2D eigenvalue weighted by atomic mass is 10.0. The highest BCUT2D eigenvalue weighted by Crippen LogP contribution is 2.05. The SMILES string of the molecule is CC(C)C(NC(=O)CN)C(=O)NC(CCC(N)=O)C(=O)NCC(=O)O. The summed E-state index contributed by atoms with van der Waals surface area (Å²) in [6, 6.07) is -2.12. The Morgan fingerprint density at radius 3 is 2.08 bits per heavy atom. The highest BCUT2D eigenvalue weighted by Gasteiger charge is 2.28. The normalized spacial score (nSPS) is 12.8. The van der Waals surface area contributed by atoms with E-state index in [1.54, 1.807) is 13.8 Å². The summed E-state index contributed by atoms with van der Waals surface area (Å²) in [4.78, 5) is 57.2. The first kappa shape index (κ1) is 22.3. The second kappa shape index (κ2) is 11.0. The van der Waals surface area contributed by atoms with E-state index in [4.69, 9.17) is 16.6 Å². The van der Waals surface area contributed by atoms with Crippen molar-refractivity contribution in [3.8, 4) is 0 Å². The Labute approximate surface area is 144 Å². The molecule has 11 nitrogen and oxygen atoms in total. The van der Waals surface area contributed by atoms with Crippen molar-refractivity contribution < 1.29 is 29.1 Å². The van der Waals surface area contributed by atoms with Gasteiger partial charge in [-0.1, -0.05) is 13.8 Å². The van der Waals surface area contributed by atoms with E-state index in [1.165, 1.54) is 0 Å². The lowest BCUT2D eigenvalue weighted by Crippen LogP contribution is -2.56. The predicted octanol–water partition coefficient (Wildman–Crippen LogP) is -2.96. The van der Waals surface area contributed by atoms with E-state index in [1.807, 2.05) is 0 Å².